The molecule has 0 spiro atoms. The van der Waals surface area contributed by atoms with Gasteiger partial charge in [0.05, 0.1) is 18.7 Å². The number of rotatable bonds is 8. The summed E-state index contributed by atoms with van der Waals surface area (Å²) in [6, 6.07) is 9.31. The first-order chi connectivity index (χ1) is 12.0. The van der Waals surface area contributed by atoms with E-state index in [-0.39, 0.29) is 13.2 Å². The van der Waals surface area contributed by atoms with E-state index in [1.807, 2.05) is 24.3 Å². The Hall–Kier alpha value is -2.24. The van der Waals surface area contributed by atoms with Crippen molar-refractivity contribution in [2.75, 3.05) is 27.4 Å². The van der Waals surface area contributed by atoms with E-state index in [9.17, 15) is 4.79 Å². The minimum atomic E-state index is -0.578. The zero-order chi connectivity index (χ0) is 18.4. The van der Waals surface area contributed by atoms with Gasteiger partial charge < -0.3 is 18.9 Å². The maximum Gasteiger partial charge on any atom is 0.333 e. The van der Waals surface area contributed by atoms with E-state index < -0.39 is 12.1 Å². The van der Waals surface area contributed by atoms with Crippen molar-refractivity contribution in [3.63, 3.8) is 0 Å². The predicted molar refractivity (Wildman–Crippen MR) is 97.6 cm³/mol. The Morgan fingerprint density at radius 2 is 1.88 bits per heavy atom. The normalized spacial score (nSPS) is 11.8. The topological polar surface area (TPSA) is 54.0 Å². The van der Waals surface area contributed by atoms with E-state index in [1.54, 1.807) is 20.1 Å². The Morgan fingerprint density at radius 1 is 1.20 bits per heavy atom. The van der Waals surface area contributed by atoms with Gasteiger partial charge in [-0.15, -0.1) is 0 Å². The van der Waals surface area contributed by atoms with E-state index in [0.29, 0.717) is 22.1 Å². The number of carbonyl (C=O) groups is 1. The third-order valence-electron chi connectivity index (χ3n) is 3.52. The van der Waals surface area contributed by atoms with Crippen LogP contribution in [0.15, 0.2) is 42.5 Å². The number of methoxy groups -OCH3 is 2. The van der Waals surface area contributed by atoms with Crippen LogP contribution >= 0.6 is 11.6 Å². The highest BCUT2D eigenvalue weighted by Crippen LogP contribution is 2.39. The van der Waals surface area contributed by atoms with E-state index in [0.717, 1.165) is 10.8 Å². The number of fused-ring (bicyclic) bond motifs is 1. The average molecular weight is 365 g/mol. The lowest BCUT2D eigenvalue weighted by molar-refractivity contribution is -0.148. The van der Waals surface area contributed by atoms with E-state index >= 15 is 0 Å². The van der Waals surface area contributed by atoms with Crippen molar-refractivity contribution in [3.05, 3.63) is 47.5 Å². The summed E-state index contributed by atoms with van der Waals surface area (Å²) in [5, 5.41) is 2.11. The molecular formula is C19H21ClO5. The van der Waals surface area contributed by atoms with Crippen LogP contribution in [0, 0.1) is 0 Å². The Bertz CT molecular complexity index is 772. The van der Waals surface area contributed by atoms with Crippen LogP contribution in [0.2, 0.25) is 5.02 Å². The van der Waals surface area contributed by atoms with E-state index in [1.165, 1.54) is 7.11 Å². The summed E-state index contributed by atoms with van der Waals surface area (Å²) in [4.78, 5) is 11.7. The summed E-state index contributed by atoms with van der Waals surface area (Å²) in [5.74, 6) is 0.678. The molecule has 2 rings (SSSR count). The van der Waals surface area contributed by atoms with Gasteiger partial charge in [-0.1, -0.05) is 42.4 Å². The Balaban J connectivity index is 2.25. The SMILES string of the molecule is C=C(C)C(=O)OC(COC)COc1c(Cl)cc(OC)c2ccccc12. The summed E-state index contributed by atoms with van der Waals surface area (Å²) in [6.07, 6.45) is -0.578. The van der Waals surface area contributed by atoms with Crippen molar-refractivity contribution >= 4 is 28.3 Å². The molecule has 0 bridgehead atoms. The summed E-state index contributed by atoms with van der Waals surface area (Å²) >= 11 is 6.35. The zero-order valence-corrected chi connectivity index (χ0v) is 15.3. The first-order valence-corrected chi connectivity index (χ1v) is 8.09. The lowest BCUT2D eigenvalue weighted by Crippen LogP contribution is -2.29. The molecule has 0 amide bonds. The van der Waals surface area contributed by atoms with Crippen LogP contribution in [0.1, 0.15) is 6.92 Å². The fraction of sp³-hybridized carbons (Fsp3) is 0.316. The number of halogens is 1. The Kier molecular flexibility index (Phi) is 6.67. The minimum absolute atomic E-state index is 0.100. The molecule has 2 aromatic rings. The molecule has 2 aromatic carbocycles. The van der Waals surface area contributed by atoms with Crippen LogP contribution in [0.5, 0.6) is 11.5 Å². The number of ether oxygens (including phenoxy) is 4. The molecule has 134 valence electrons. The van der Waals surface area contributed by atoms with Gasteiger partial charge >= 0.3 is 5.97 Å². The number of esters is 1. The molecular weight excluding hydrogens is 344 g/mol. The van der Waals surface area contributed by atoms with Crippen LogP contribution in [0.3, 0.4) is 0 Å². The van der Waals surface area contributed by atoms with Gasteiger partial charge in [-0.3, -0.25) is 0 Å². The molecule has 1 atom stereocenters. The second kappa shape index (κ2) is 8.74. The summed E-state index contributed by atoms with van der Waals surface area (Å²) in [7, 11) is 3.11. The summed E-state index contributed by atoms with van der Waals surface area (Å²) in [6.45, 7) is 5.45. The van der Waals surface area contributed by atoms with Gasteiger partial charge in [0, 0.05) is 29.5 Å². The molecule has 6 heteroatoms. The van der Waals surface area contributed by atoms with Crippen LogP contribution in [0.25, 0.3) is 10.8 Å². The molecule has 0 radical (unpaired) electrons. The number of hydrogen-bond acceptors (Lipinski definition) is 5. The number of benzene rings is 2. The Morgan fingerprint density at radius 3 is 2.48 bits per heavy atom. The van der Waals surface area contributed by atoms with Crippen molar-refractivity contribution in [1.29, 1.82) is 0 Å². The second-order valence-electron chi connectivity index (χ2n) is 5.51. The predicted octanol–water partition coefficient (Wildman–Crippen LogP) is 4.01. The van der Waals surface area contributed by atoms with Crippen LogP contribution in [-0.4, -0.2) is 39.5 Å². The van der Waals surface area contributed by atoms with Gasteiger partial charge in [-0.05, 0) is 6.92 Å². The molecule has 0 aliphatic rings. The molecule has 0 saturated carbocycles. The van der Waals surface area contributed by atoms with Gasteiger partial charge in [0.2, 0.25) is 0 Å². The van der Waals surface area contributed by atoms with Crippen molar-refractivity contribution < 1.29 is 23.7 Å². The quantitative estimate of drug-likeness (QED) is 0.523. The highest BCUT2D eigenvalue weighted by atomic mass is 35.5. The van der Waals surface area contributed by atoms with Crippen LogP contribution < -0.4 is 9.47 Å². The van der Waals surface area contributed by atoms with E-state index in [4.69, 9.17) is 30.5 Å². The largest absolute Gasteiger partial charge is 0.496 e. The molecule has 25 heavy (non-hydrogen) atoms. The van der Waals surface area contributed by atoms with Crippen molar-refractivity contribution in [1.82, 2.24) is 0 Å². The lowest BCUT2D eigenvalue weighted by atomic mass is 10.1. The van der Waals surface area contributed by atoms with Crippen molar-refractivity contribution in [2.24, 2.45) is 0 Å². The molecule has 5 nitrogen and oxygen atoms in total. The summed E-state index contributed by atoms with van der Waals surface area (Å²) in [5.41, 5.74) is 0.314. The van der Waals surface area contributed by atoms with Gasteiger partial charge in [-0.2, -0.15) is 0 Å². The maximum absolute atomic E-state index is 11.7. The monoisotopic (exact) mass is 364 g/mol. The zero-order valence-electron chi connectivity index (χ0n) is 14.5. The molecule has 0 aromatic heterocycles. The second-order valence-corrected chi connectivity index (χ2v) is 5.92. The van der Waals surface area contributed by atoms with Gasteiger partial charge in [0.25, 0.3) is 0 Å². The number of hydrogen-bond donors (Lipinski definition) is 0. The lowest BCUT2D eigenvalue weighted by Gasteiger charge is -2.19. The highest BCUT2D eigenvalue weighted by molar-refractivity contribution is 6.33. The Labute approximate surface area is 152 Å². The molecule has 1 unspecified atom stereocenters. The van der Waals surface area contributed by atoms with Gasteiger partial charge in [0.1, 0.15) is 18.1 Å². The third-order valence-corrected chi connectivity index (χ3v) is 3.80. The van der Waals surface area contributed by atoms with Crippen LogP contribution in [-0.2, 0) is 14.3 Å². The molecule has 0 aliphatic carbocycles. The minimum Gasteiger partial charge on any atom is -0.496 e. The first-order valence-electron chi connectivity index (χ1n) is 7.71. The molecule has 0 saturated heterocycles. The maximum atomic E-state index is 11.7. The van der Waals surface area contributed by atoms with Crippen molar-refractivity contribution in [2.45, 2.75) is 13.0 Å². The highest BCUT2D eigenvalue weighted by Gasteiger charge is 2.18. The molecule has 0 N–H and O–H groups in total. The standard InChI is InChI=1S/C19H21ClO5/c1-12(2)19(21)25-13(10-22-3)11-24-18-15-8-6-5-7-14(15)17(23-4)9-16(18)20/h5-9,13H,1,10-11H2,2-4H3. The van der Waals surface area contributed by atoms with Crippen LogP contribution in [0.4, 0.5) is 0 Å². The molecule has 0 heterocycles. The van der Waals surface area contributed by atoms with Gasteiger partial charge in [0.15, 0.2) is 6.10 Å². The van der Waals surface area contributed by atoms with E-state index in [2.05, 4.69) is 6.58 Å². The molecule has 0 aliphatic heterocycles. The fourth-order valence-corrected chi connectivity index (χ4v) is 2.58. The fourth-order valence-electron chi connectivity index (χ4n) is 2.33. The van der Waals surface area contributed by atoms with Gasteiger partial charge in [-0.25, -0.2) is 4.79 Å². The number of carbonyl (C=O) groups excluding carboxylic acids is 1. The van der Waals surface area contributed by atoms with Crippen molar-refractivity contribution in [3.8, 4) is 11.5 Å². The smallest absolute Gasteiger partial charge is 0.333 e. The molecule has 0 fully saturated rings. The third kappa shape index (κ3) is 4.65. The average Bonchev–Trinajstić information content (AvgIpc) is 2.60. The summed E-state index contributed by atoms with van der Waals surface area (Å²) < 4.78 is 21.6. The first kappa shape index (κ1) is 19.1.